The molecule has 3 rings (SSSR count). The highest BCUT2D eigenvalue weighted by atomic mass is 19.1. The van der Waals surface area contributed by atoms with Crippen molar-refractivity contribution in [3.63, 3.8) is 0 Å². The largest absolute Gasteiger partial charge is 0.397 e. The fourth-order valence-electron chi connectivity index (χ4n) is 2.02. The monoisotopic (exact) mass is 281 g/mol. The van der Waals surface area contributed by atoms with Crippen molar-refractivity contribution in [1.29, 1.82) is 0 Å². The first kappa shape index (κ1) is 13.1. The van der Waals surface area contributed by atoms with E-state index in [9.17, 15) is 9.18 Å². The van der Waals surface area contributed by atoms with Crippen molar-refractivity contribution in [2.75, 3.05) is 11.1 Å². The van der Waals surface area contributed by atoms with Gasteiger partial charge in [-0.3, -0.25) is 4.79 Å². The molecule has 0 fully saturated rings. The van der Waals surface area contributed by atoms with Gasteiger partial charge in [0.25, 0.3) is 5.91 Å². The normalized spacial score (nSPS) is 10.5. The Bertz CT molecular complexity index is 833. The van der Waals surface area contributed by atoms with Crippen molar-refractivity contribution in [3.8, 4) is 0 Å². The van der Waals surface area contributed by atoms with Gasteiger partial charge in [0.1, 0.15) is 11.5 Å². The minimum Gasteiger partial charge on any atom is -0.397 e. The molecule has 0 aliphatic heterocycles. The predicted molar refractivity (Wildman–Crippen MR) is 80.5 cm³/mol. The third-order valence-electron chi connectivity index (χ3n) is 3.09. The number of nitrogens with two attached hydrogens (primary N) is 1. The van der Waals surface area contributed by atoms with E-state index in [2.05, 4.69) is 10.3 Å². The molecule has 0 bridgehead atoms. The molecule has 0 spiro atoms. The topological polar surface area (TPSA) is 68.0 Å². The second-order valence-corrected chi connectivity index (χ2v) is 4.57. The van der Waals surface area contributed by atoms with Gasteiger partial charge in [-0.05, 0) is 30.3 Å². The van der Waals surface area contributed by atoms with E-state index < -0.39 is 11.7 Å². The minimum atomic E-state index is -0.467. The summed E-state index contributed by atoms with van der Waals surface area (Å²) in [5.74, 6) is -0.899. The van der Waals surface area contributed by atoms with Gasteiger partial charge in [0.15, 0.2) is 0 Å². The van der Waals surface area contributed by atoms with Gasteiger partial charge in [0, 0.05) is 5.39 Å². The van der Waals surface area contributed by atoms with Crippen LogP contribution in [0.2, 0.25) is 0 Å². The molecule has 3 N–H and O–H groups in total. The van der Waals surface area contributed by atoms with Gasteiger partial charge in [0.2, 0.25) is 0 Å². The van der Waals surface area contributed by atoms with Crippen LogP contribution >= 0.6 is 0 Å². The molecule has 0 aliphatic carbocycles. The first-order chi connectivity index (χ1) is 10.1. The number of fused-ring (bicyclic) bond motifs is 1. The zero-order valence-electron chi connectivity index (χ0n) is 11.0. The maximum atomic E-state index is 13.2. The molecule has 5 heteroatoms. The van der Waals surface area contributed by atoms with Crippen molar-refractivity contribution >= 4 is 28.2 Å². The van der Waals surface area contributed by atoms with Crippen LogP contribution < -0.4 is 11.1 Å². The first-order valence-corrected chi connectivity index (χ1v) is 6.36. The summed E-state index contributed by atoms with van der Waals surface area (Å²) in [4.78, 5) is 16.4. The van der Waals surface area contributed by atoms with Crippen molar-refractivity contribution in [2.24, 2.45) is 0 Å². The van der Waals surface area contributed by atoms with Gasteiger partial charge >= 0.3 is 0 Å². The predicted octanol–water partition coefficient (Wildman–Crippen LogP) is 3.21. The fraction of sp³-hybridized carbons (Fsp3) is 0. The van der Waals surface area contributed by atoms with Crippen LogP contribution in [0.15, 0.2) is 54.6 Å². The van der Waals surface area contributed by atoms with Crippen LogP contribution in [0.3, 0.4) is 0 Å². The fourth-order valence-corrected chi connectivity index (χ4v) is 2.02. The lowest BCUT2D eigenvalue weighted by molar-refractivity contribution is 0.102. The lowest BCUT2D eigenvalue weighted by Gasteiger charge is -2.08. The lowest BCUT2D eigenvalue weighted by Crippen LogP contribution is -2.15. The molecule has 0 unspecified atom stereocenters. The summed E-state index contributed by atoms with van der Waals surface area (Å²) < 4.78 is 13.2. The van der Waals surface area contributed by atoms with E-state index in [4.69, 9.17) is 5.73 Å². The molecule has 3 aromatic rings. The number of carbonyl (C=O) groups is 1. The molecule has 0 radical (unpaired) electrons. The number of halogens is 1. The Labute approximate surface area is 120 Å². The third-order valence-corrected chi connectivity index (χ3v) is 3.09. The summed E-state index contributed by atoms with van der Waals surface area (Å²) in [5.41, 5.74) is 7.20. The summed E-state index contributed by atoms with van der Waals surface area (Å²) in [7, 11) is 0. The summed E-state index contributed by atoms with van der Waals surface area (Å²) in [6.45, 7) is 0. The molecule has 104 valence electrons. The Hall–Kier alpha value is -2.95. The Morgan fingerprint density at radius 3 is 2.76 bits per heavy atom. The van der Waals surface area contributed by atoms with Crippen LogP contribution in [0.4, 0.5) is 15.8 Å². The van der Waals surface area contributed by atoms with Crippen LogP contribution in [-0.2, 0) is 0 Å². The Morgan fingerprint density at radius 2 is 1.90 bits per heavy atom. The summed E-state index contributed by atoms with van der Waals surface area (Å²) in [6.07, 6.45) is 0. The highest BCUT2D eigenvalue weighted by Crippen LogP contribution is 2.20. The number of aromatic nitrogens is 1. The molecule has 1 amide bonds. The van der Waals surface area contributed by atoms with Gasteiger partial charge in [-0.25, -0.2) is 9.37 Å². The second kappa shape index (κ2) is 5.20. The Kier molecular flexibility index (Phi) is 3.23. The average molecular weight is 281 g/mol. The molecule has 2 aromatic carbocycles. The number of benzene rings is 2. The number of pyridine rings is 1. The van der Waals surface area contributed by atoms with Crippen LogP contribution in [-0.4, -0.2) is 10.9 Å². The summed E-state index contributed by atoms with van der Waals surface area (Å²) in [6, 6.07) is 14.7. The van der Waals surface area contributed by atoms with Crippen LogP contribution in [0.1, 0.15) is 10.5 Å². The van der Waals surface area contributed by atoms with E-state index in [1.165, 1.54) is 18.2 Å². The number of amides is 1. The first-order valence-electron chi connectivity index (χ1n) is 6.36. The van der Waals surface area contributed by atoms with Crippen molar-refractivity contribution < 1.29 is 9.18 Å². The summed E-state index contributed by atoms with van der Waals surface area (Å²) >= 11 is 0. The molecule has 0 atom stereocenters. The van der Waals surface area contributed by atoms with Gasteiger partial charge in [0.05, 0.1) is 16.9 Å². The van der Waals surface area contributed by atoms with Crippen LogP contribution in [0.5, 0.6) is 0 Å². The number of carbonyl (C=O) groups excluding carboxylic acids is 1. The van der Waals surface area contributed by atoms with E-state index in [0.29, 0.717) is 5.69 Å². The molecule has 0 aliphatic rings. The molecule has 21 heavy (non-hydrogen) atoms. The van der Waals surface area contributed by atoms with Gasteiger partial charge in [-0.15, -0.1) is 0 Å². The average Bonchev–Trinajstić information content (AvgIpc) is 2.50. The second-order valence-electron chi connectivity index (χ2n) is 4.57. The van der Waals surface area contributed by atoms with Crippen LogP contribution in [0.25, 0.3) is 10.9 Å². The Morgan fingerprint density at radius 1 is 1.10 bits per heavy atom. The minimum absolute atomic E-state index is 0.231. The van der Waals surface area contributed by atoms with Gasteiger partial charge in [-0.2, -0.15) is 0 Å². The number of para-hydroxylation sites is 1. The van der Waals surface area contributed by atoms with E-state index in [1.807, 2.05) is 30.3 Å². The maximum Gasteiger partial charge on any atom is 0.274 e. The number of nitrogens with one attached hydrogen (secondary N) is 1. The van der Waals surface area contributed by atoms with Crippen molar-refractivity contribution in [3.05, 3.63) is 66.1 Å². The van der Waals surface area contributed by atoms with E-state index in [1.54, 1.807) is 6.07 Å². The standard InChI is InChI=1S/C16H12FN3O/c17-11-6-7-12(18)15(9-11)20-16(21)14-8-5-10-3-1-2-4-13(10)19-14/h1-9H,18H2,(H,20,21). The SMILES string of the molecule is Nc1ccc(F)cc1NC(=O)c1ccc2ccccc2n1. The quantitative estimate of drug-likeness (QED) is 0.709. The number of rotatable bonds is 2. The highest BCUT2D eigenvalue weighted by Gasteiger charge is 2.10. The maximum absolute atomic E-state index is 13.2. The molecular formula is C16H12FN3O. The molecule has 1 heterocycles. The number of nitrogen functional groups attached to an aromatic ring is 1. The van der Waals surface area contributed by atoms with Gasteiger partial charge in [-0.1, -0.05) is 24.3 Å². The lowest BCUT2D eigenvalue weighted by atomic mass is 10.2. The van der Waals surface area contributed by atoms with E-state index >= 15 is 0 Å². The van der Waals surface area contributed by atoms with Crippen molar-refractivity contribution in [2.45, 2.75) is 0 Å². The summed E-state index contributed by atoms with van der Waals surface area (Å²) in [5, 5.41) is 3.51. The zero-order chi connectivity index (χ0) is 14.8. The number of anilines is 2. The molecule has 4 nitrogen and oxygen atoms in total. The molecule has 1 aromatic heterocycles. The van der Waals surface area contributed by atoms with Crippen molar-refractivity contribution in [1.82, 2.24) is 4.98 Å². The number of nitrogens with zero attached hydrogens (tertiary/aromatic N) is 1. The number of hydrogen-bond donors (Lipinski definition) is 2. The molecule has 0 saturated carbocycles. The molecule has 0 saturated heterocycles. The van der Waals surface area contributed by atoms with Crippen LogP contribution in [0, 0.1) is 5.82 Å². The highest BCUT2D eigenvalue weighted by molar-refractivity contribution is 6.05. The van der Waals surface area contributed by atoms with Gasteiger partial charge < -0.3 is 11.1 Å². The third kappa shape index (κ3) is 2.67. The number of hydrogen-bond acceptors (Lipinski definition) is 3. The van der Waals surface area contributed by atoms with E-state index in [0.717, 1.165) is 10.9 Å². The smallest absolute Gasteiger partial charge is 0.274 e. The van der Waals surface area contributed by atoms with E-state index in [-0.39, 0.29) is 11.4 Å². The zero-order valence-corrected chi connectivity index (χ0v) is 11.0. The Balaban J connectivity index is 1.91. The molecular weight excluding hydrogens is 269 g/mol.